The van der Waals surface area contributed by atoms with E-state index >= 15 is 0 Å². The van der Waals surface area contributed by atoms with Crippen LogP contribution in [0.5, 0.6) is 0 Å². The average Bonchev–Trinajstić information content (AvgIpc) is 3.37. The first-order chi connectivity index (χ1) is 14.6. The molecular weight excluding hydrogens is 382 g/mol. The molecule has 8 nitrogen and oxygen atoms in total. The molecule has 2 unspecified atom stereocenters. The molecule has 0 spiro atoms. The van der Waals surface area contributed by atoms with Gasteiger partial charge in [-0.1, -0.05) is 24.3 Å². The molecule has 1 aromatic rings. The van der Waals surface area contributed by atoms with Crippen LogP contribution in [0.25, 0.3) is 0 Å². The molecule has 0 aromatic heterocycles. The van der Waals surface area contributed by atoms with E-state index in [9.17, 15) is 4.79 Å². The van der Waals surface area contributed by atoms with Gasteiger partial charge in [-0.3, -0.25) is 9.80 Å². The van der Waals surface area contributed by atoms with Crippen LogP contribution < -0.4 is 5.32 Å². The SMILES string of the molecule is COC(C)CCOC1=NCC2NC(=O)N(Cc3ccc(CN4CCCC4)cc3)C2=N1. The van der Waals surface area contributed by atoms with Crippen molar-refractivity contribution in [2.75, 3.05) is 33.4 Å². The van der Waals surface area contributed by atoms with E-state index < -0.39 is 0 Å². The van der Waals surface area contributed by atoms with Gasteiger partial charge in [-0.15, -0.1) is 0 Å². The number of methoxy groups -OCH3 is 1. The van der Waals surface area contributed by atoms with Crippen molar-refractivity contribution in [3.63, 3.8) is 0 Å². The van der Waals surface area contributed by atoms with E-state index in [-0.39, 0.29) is 18.2 Å². The topological polar surface area (TPSA) is 78.8 Å². The lowest BCUT2D eigenvalue weighted by Crippen LogP contribution is -2.37. The number of likely N-dealkylation sites (tertiary alicyclic amines) is 1. The Balaban J connectivity index is 1.37. The van der Waals surface area contributed by atoms with Crippen molar-refractivity contribution in [3.05, 3.63) is 35.4 Å². The summed E-state index contributed by atoms with van der Waals surface area (Å²) in [5.41, 5.74) is 2.39. The van der Waals surface area contributed by atoms with Gasteiger partial charge in [0.2, 0.25) is 0 Å². The van der Waals surface area contributed by atoms with Crippen LogP contribution in [-0.2, 0) is 22.6 Å². The number of amides is 2. The Labute approximate surface area is 178 Å². The zero-order valence-electron chi connectivity index (χ0n) is 17.8. The van der Waals surface area contributed by atoms with Crippen LogP contribution in [0.4, 0.5) is 4.79 Å². The van der Waals surface area contributed by atoms with E-state index in [2.05, 4.69) is 44.5 Å². The smallest absolute Gasteiger partial charge is 0.323 e. The zero-order valence-corrected chi connectivity index (χ0v) is 17.8. The third-order valence-electron chi connectivity index (χ3n) is 5.88. The highest BCUT2D eigenvalue weighted by molar-refractivity contribution is 6.11. The summed E-state index contributed by atoms with van der Waals surface area (Å²) < 4.78 is 10.9. The van der Waals surface area contributed by atoms with Crippen LogP contribution in [0.15, 0.2) is 34.3 Å². The molecule has 3 aliphatic rings. The Morgan fingerprint density at radius 3 is 2.57 bits per heavy atom. The number of rotatable bonds is 8. The normalized spacial score (nSPS) is 22.4. The van der Waals surface area contributed by atoms with Crippen molar-refractivity contribution < 1.29 is 14.3 Å². The summed E-state index contributed by atoms with van der Waals surface area (Å²) in [6.45, 7) is 6.78. The Bertz CT molecular complexity index is 801. The van der Waals surface area contributed by atoms with Gasteiger partial charge in [-0.25, -0.2) is 9.79 Å². The molecule has 0 radical (unpaired) electrons. The van der Waals surface area contributed by atoms with E-state index in [0.29, 0.717) is 31.6 Å². The molecule has 0 aliphatic carbocycles. The number of urea groups is 1. The van der Waals surface area contributed by atoms with Crippen LogP contribution in [0, 0.1) is 0 Å². The first kappa shape index (κ1) is 20.8. The fourth-order valence-corrected chi connectivity index (χ4v) is 3.95. The Kier molecular flexibility index (Phi) is 6.64. The highest BCUT2D eigenvalue weighted by atomic mass is 16.5. The summed E-state index contributed by atoms with van der Waals surface area (Å²) in [7, 11) is 1.68. The number of benzene rings is 1. The molecular formula is C22H31N5O3. The number of hydrogen-bond donors (Lipinski definition) is 1. The molecule has 30 heavy (non-hydrogen) atoms. The minimum absolute atomic E-state index is 0.120. The minimum atomic E-state index is -0.183. The predicted octanol–water partition coefficient (Wildman–Crippen LogP) is 2.39. The lowest BCUT2D eigenvalue weighted by Gasteiger charge is -2.20. The largest absolute Gasteiger partial charge is 0.464 e. The molecule has 2 amide bonds. The summed E-state index contributed by atoms with van der Waals surface area (Å²) in [6, 6.07) is 8.55. The third-order valence-corrected chi connectivity index (χ3v) is 5.88. The van der Waals surface area contributed by atoms with E-state index in [0.717, 1.165) is 18.5 Å². The molecule has 2 atom stereocenters. The fourth-order valence-electron chi connectivity index (χ4n) is 3.95. The first-order valence-corrected chi connectivity index (χ1v) is 10.8. The Morgan fingerprint density at radius 2 is 1.87 bits per heavy atom. The monoisotopic (exact) mass is 413 g/mol. The maximum Gasteiger partial charge on any atom is 0.323 e. The summed E-state index contributed by atoms with van der Waals surface area (Å²) in [6.07, 6.45) is 3.47. The van der Waals surface area contributed by atoms with Gasteiger partial charge >= 0.3 is 12.1 Å². The summed E-state index contributed by atoms with van der Waals surface area (Å²) in [5, 5.41) is 2.96. The van der Waals surface area contributed by atoms with Crippen LogP contribution >= 0.6 is 0 Å². The van der Waals surface area contributed by atoms with E-state index in [1.165, 1.54) is 31.5 Å². The molecule has 4 rings (SSSR count). The Morgan fingerprint density at radius 1 is 1.17 bits per heavy atom. The van der Waals surface area contributed by atoms with Crippen molar-refractivity contribution in [2.24, 2.45) is 9.98 Å². The van der Waals surface area contributed by atoms with Gasteiger partial charge in [0.05, 0.1) is 25.8 Å². The van der Waals surface area contributed by atoms with Gasteiger partial charge in [-0.2, -0.15) is 4.99 Å². The van der Waals surface area contributed by atoms with Crippen LogP contribution in [0.3, 0.4) is 0 Å². The number of ether oxygens (including phenoxy) is 2. The van der Waals surface area contributed by atoms with Crippen molar-refractivity contribution in [1.82, 2.24) is 15.1 Å². The zero-order chi connectivity index (χ0) is 20.9. The summed E-state index contributed by atoms with van der Waals surface area (Å²) in [4.78, 5) is 25.6. The molecule has 8 heteroatoms. The second kappa shape index (κ2) is 9.57. The molecule has 162 valence electrons. The van der Waals surface area contributed by atoms with Gasteiger partial charge < -0.3 is 14.8 Å². The fraction of sp³-hybridized carbons (Fsp3) is 0.591. The molecule has 2 fully saturated rings. The number of amidine groups is 2. The Hall–Kier alpha value is -2.45. The first-order valence-electron chi connectivity index (χ1n) is 10.8. The van der Waals surface area contributed by atoms with Gasteiger partial charge in [-0.05, 0) is 44.0 Å². The van der Waals surface area contributed by atoms with Crippen molar-refractivity contribution in [2.45, 2.75) is 51.4 Å². The van der Waals surface area contributed by atoms with Crippen LogP contribution in [0.1, 0.15) is 37.3 Å². The van der Waals surface area contributed by atoms with E-state index in [1.807, 2.05) is 6.92 Å². The quantitative estimate of drug-likeness (QED) is 0.710. The summed E-state index contributed by atoms with van der Waals surface area (Å²) in [5.74, 6) is 0.686. The molecule has 0 saturated carbocycles. The molecule has 3 heterocycles. The number of aliphatic imine (C=N–C) groups is 2. The van der Waals surface area contributed by atoms with Gasteiger partial charge in [0.15, 0.2) is 0 Å². The number of fused-ring (bicyclic) bond motifs is 1. The maximum atomic E-state index is 12.5. The van der Waals surface area contributed by atoms with Crippen LogP contribution in [-0.4, -0.2) is 73.2 Å². The van der Waals surface area contributed by atoms with Crippen molar-refractivity contribution in [1.29, 1.82) is 0 Å². The third kappa shape index (κ3) is 4.99. The van der Waals surface area contributed by atoms with Gasteiger partial charge in [0, 0.05) is 20.1 Å². The maximum absolute atomic E-state index is 12.5. The van der Waals surface area contributed by atoms with Crippen LogP contribution in [0.2, 0.25) is 0 Å². The van der Waals surface area contributed by atoms with Crippen molar-refractivity contribution >= 4 is 17.9 Å². The number of carbonyl (C=O) groups is 1. The predicted molar refractivity (Wildman–Crippen MR) is 116 cm³/mol. The number of nitrogens with zero attached hydrogens (tertiary/aromatic N) is 4. The number of carbonyl (C=O) groups excluding carboxylic acids is 1. The standard InChI is InChI=1S/C22H31N5O3/c1-16(29-2)9-12-30-21-23-13-19-20(25-21)27(22(28)24-19)15-18-7-5-17(6-8-18)14-26-10-3-4-11-26/h5-8,16,19H,3-4,9-15H2,1-2H3,(H,24,28). The second-order valence-electron chi connectivity index (χ2n) is 8.16. The lowest BCUT2D eigenvalue weighted by molar-refractivity contribution is 0.0933. The van der Waals surface area contributed by atoms with Crippen molar-refractivity contribution in [3.8, 4) is 0 Å². The highest BCUT2D eigenvalue weighted by Gasteiger charge is 2.38. The van der Waals surface area contributed by atoms with E-state index in [4.69, 9.17) is 9.47 Å². The average molecular weight is 414 g/mol. The number of nitrogens with one attached hydrogen (secondary N) is 1. The van der Waals surface area contributed by atoms with Gasteiger partial charge in [0.25, 0.3) is 0 Å². The lowest BCUT2D eigenvalue weighted by atomic mass is 10.1. The molecule has 2 saturated heterocycles. The second-order valence-corrected chi connectivity index (χ2v) is 8.16. The van der Waals surface area contributed by atoms with Gasteiger partial charge in [0.1, 0.15) is 11.9 Å². The molecule has 1 aromatic carbocycles. The van der Waals surface area contributed by atoms with E-state index in [1.54, 1.807) is 12.0 Å². The highest BCUT2D eigenvalue weighted by Crippen LogP contribution is 2.18. The number of hydrogen-bond acceptors (Lipinski definition) is 6. The molecule has 1 N–H and O–H groups in total. The summed E-state index contributed by atoms with van der Waals surface area (Å²) >= 11 is 0. The molecule has 3 aliphatic heterocycles. The minimum Gasteiger partial charge on any atom is -0.464 e. The molecule has 0 bridgehead atoms.